The maximum atomic E-state index is 11.0. The Balaban J connectivity index is 1.89. The van der Waals surface area contributed by atoms with Crippen molar-refractivity contribution in [1.82, 2.24) is 0 Å². The molecule has 0 aromatic carbocycles. The molecular weight excluding hydrogens is 396 g/mol. The maximum Gasteiger partial charge on any atom is 0.305 e. The molecule has 0 bridgehead atoms. The van der Waals surface area contributed by atoms with Gasteiger partial charge in [0.05, 0.1) is 42.5 Å². The second-order valence-electron chi connectivity index (χ2n) is 9.96. The Morgan fingerprint density at radius 1 is 1.29 bits per heavy atom. The summed E-state index contributed by atoms with van der Waals surface area (Å²) in [6.45, 7) is 12.4. The molecule has 0 aromatic heterocycles. The van der Waals surface area contributed by atoms with Gasteiger partial charge in [0.2, 0.25) is 0 Å². The first-order valence-electron chi connectivity index (χ1n) is 11.6. The minimum absolute atomic E-state index is 0.0287. The van der Waals surface area contributed by atoms with E-state index < -0.39 is 12.1 Å². The highest BCUT2D eigenvalue weighted by molar-refractivity contribution is 5.67. The highest BCUT2D eigenvalue weighted by Crippen LogP contribution is 2.47. The van der Waals surface area contributed by atoms with Crippen LogP contribution in [0.4, 0.5) is 0 Å². The molecule has 178 valence electrons. The van der Waals surface area contributed by atoms with Gasteiger partial charge in [-0.3, -0.25) is 4.79 Å². The molecule has 2 aliphatic heterocycles. The van der Waals surface area contributed by atoms with Gasteiger partial charge in [0, 0.05) is 13.0 Å². The predicted molar refractivity (Wildman–Crippen MR) is 121 cm³/mol. The predicted octanol–water partition coefficient (Wildman–Crippen LogP) is 4.36. The number of epoxide rings is 1. The van der Waals surface area contributed by atoms with Crippen LogP contribution >= 0.6 is 0 Å². The van der Waals surface area contributed by atoms with Gasteiger partial charge in [-0.2, -0.15) is 0 Å². The van der Waals surface area contributed by atoms with E-state index >= 15 is 0 Å². The van der Waals surface area contributed by atoms with E-state index in [4.69, 9.17) is 19.3 Å². The van der Waals surface area contributed by atoms with Crippen molar-refractivity contribution in [2.45, 2.75) is 103 Å². The molecule has 2 N–H and O–H groups in total. The molecule has 6 heteroatoms. The van der Waals surface area contributed by atoms with Gasteiger partial charge in [-0.05, 0) is 57.4 Å². The van der Waals surface area contributed by atoms with Crippen molar-refractivity contribution in [3.63, 3.8) is 0 Å². The van der Waals surface area contributed by atoms with Gasteiger partial charge in [-0.15, -0.1) is 0 Å². The van der Waals surface area contributed by atoms with E-state index in [1.165, 1.54) is 0 Å². The Morgan fingerprint density at radius 3 is 2.55 bits per heavy atom. The molecule has 0 spiro atoms. The molecule has 6 nitrogen and oxygen atoms in total. The van der Waals surface area contributed by atoms with Crippen molar-refractivity contribution in [3.8, 4) is 0 Å². The van der Waals surface area contributed by atoms with E-state index in [9.17, 15) is 9.90 Å². The molecule has 2 aliphatic rings. The Kier molecular flexibility index (Phi) is 9.31. The zero-order valence-corrected chi connectivity index (χ0v) is 20.2. The first-order valence-corrected chi connectivity index (χ1v) is 11.6. The number of aliphatic hydroxyl groups excluding tert-OH is 1. The molecule has 2 saturated heterocycles. The fourth-order valence-electron chi connectivity index (χ4n) is 5.22. The number of hydrogen-bond donors (Lipinski definition) is 2. The summed E-state index contributed by atoms with van der Waals surface area (Å²) in [5.41, 5.74) is 0.935. The van der Waals surface area contributed by atoms with Crippen LogP contribution in [0.2, 0.25) is 0 Å². The molecule has 0 saturated carbocycles. The number of ether oxygens (including phenoxy) is 3. The molecular formula is C25H42O6. The van der Waals surface area contributed by atoms with Gasteiger partial charge < -0.3 is 24.4 Å². The Labute approximate surface area is 187 Å². The molecule has 31 heavy (non-hydrogen) atoms. The highest BCUT2D eigenvalue weighted by Gasteiger charge is 2.56. The van der Waals surface area contributed by atoms with Crippen molar-refractivity contribution >= 4 is 5.97 Å². The minimum atomic E-state index is -0.803. The van der Waals surface area contributed by atoms with Crippen molar-refractivity contribution < 1.29 is 29.2 Å². The summed E-state index contributed by atoms with van der Waals surface area (Å²) in [7, 11) is 1.63. The topological polar surface area (TPSA) is 88.5 Å². The summed E-state index contributed by atoms with van der Waals surface area (Å²) in [5.74, 6) is 0.0402. The monoisotopic (exact) mass is 438 g/mol. The number of rotatable bonds is 11. The normalized spacial score (nSPS) is 35.5. The van der Waals surface area contributed by atoms with Crippen LogP contribution in [0, 0.1) is 17.8 Å². The van der Waals surface area contributed by atoms with Crippen LogP contribution in [-0.2, 0) is 19.0 Å². The largest absolute Gasteiger partial charge is 0.481 e. The van der Waals surface area contributed by atoms with Gasteiger partial charge in [-0.25, -0.2) is 0 Å². The van der Waals surface area contributed by atoms with E-state index in [0.29, 0.717) is 11.8 Å². The maximum absolute atomic E-state index is 11.0. The Morgan fingerprint density at radius 2 is 1.97 bits per heavy atom. The number of carbonyl (C=O) groups is 1. The smallest absolute Gasteiger partial charge is 0.305 e. The average molecular weight is 439 g/mol. The third kappa shape index (κ3) is 7.14. The number of aliphatic hydroxyl groups is 1. The molecule has 2 heterocycles. The lowest BCUT2D eigenvalue weighted by Gasteiger charge is -2.35. The lowest BCUT2D eigenvalue weighted by Crippen LogP contribution is -2.36. The van der Waals surface area contributed by atoms with Gasteiger partial charge in [0.1, 0.15) is 0 Å². The van der Waals surface area contributed by atoms with Crippen molar-refractivity contribution in [2.24, 2.45) is 17.8 Å². The van der Waals surface area contributed by atoms with E-state index in [1.807, 2.05) is 0 Å². The Hall–Kier alpha value is -1.21. The number of methoxy groups -OCH3 is 1. The summed E-state index contributed by atoms with van der Waals surface area (Å²) >= 11 is 0. The van der Waals surface area contributed by atoms with E-state index in [0.717, 1.165) is 24.8 Å². The SMILES string of the molecule is CO[C@@H]([C@@H](C)[C@H]1O[C@]1(C)C[C@@H](C)/C=C/C=C(\C)[C@@H]1O[C@H](CC(=O)O)CC[C@H]1C)[C@H](C)O. The third-order valence-electron chi connectivity index (χ3n) is 6.86. The standard InChI is InChI=1S/C25H42O6/c1-15(14-25(6)24(31-25)18(4)23(29-7)19(5)26)9-8-10-16(2)22-17(3)11-12-20(30-22)13-21(27)28/h8-10,15,17-20,22-24,26H,11-14H2,1-7H3,(H,27,28)/b9-8+,16-10+/t15-,17+,18+,19-,20-,22-,23-,24+,25+/m0/s1. The number of hydrogen-bond acceptors (Lipinski definition) is 5. The van der Waals surface area contributed by atoms with Crippen LogP contribution in [0.15, 0.2) is 23.8 Å². The summed E-state index contributed by atoms with van der Waals surface area (Å²) < 4.78 is 17.6. The molecule has 2 fully saturated rings. The fraction of sp³-hybridized carbons (Fsp3) is 0.800. The van der Waals surface area contributed by atoms with Gasteiger partial charge in [-0.1, -0.05) is 39.0 Å². The number of aliphatic carboxylic acids is 1. The van der Waals surface area contributed by atoms with Gasteiger partial charge in [0.15, 0.2) is 0 Å². The molecule has 2 rings (SSSR count). The van der Waals surface area contributed by atoms with Crippen LogP contribution < -0.4 is 0 Å². The fourth-order valence-corrected chi connectivity index (χ4v) is 5.22. The number of allylic oxidation sites excluding steroid dienone is 3. The van der Waals surface area contributed by atoms with E-state index in [2.05, 4.69) is 52.8 Å². The van der Waals surface area contributed by atoms with Gasteiger partial charge >= 0.3 is 5.97 Å². The van der Waals surface area contributed by atoms with Crippen LogP contribution in [-0.4, -0.2) is 59.4 Å². The lowest BCUT2D eigenvalue weighted by molar-refractivity contribution is -0.143. The molecule has 0 aliphatic carbocycles. The summed E-state index contributed by atoms with van der Waals surface area (Å²) in [6, 6.07) is 0. The molecule has 0 unspecified atom stereocenters. The number of carboxylic acid groups (broad SMARTS) is 1. The Bertz CT molecular complexity index is 656. The molecule has 0 radical (unpaired) electrons. The molecule has 9 atom stereocenters. The minimum Gasteiger partial charge on any atom is -0.481 e. The zero-order valence-electron chi connectivity index (χ0n) is 20.2. The first kappa shape index (κ1) is 26.0. The second-order valence-corrected chi connectivity index (χ2v) is 9.96. The lowest BCUT2D eigenvalue weighted by atomic mass is 9.85. The average Bonchev–Trinajstić information content (AvgIpc) is 3.33. The summed E-state index contributed by atoms with van der Waals surface area (Å²) in [5, 5.41) is 19.0. The van der Waals surface area contributed by atoms with Crippen LogP contribution in [0.1, 0.15) is 67.2 Å². The van der Waals surface area contributed by atoms with E-state index in [1.54, 1.807) is 14.0 Å². The third-order valence-corrected chi connectivity index (χ3v) is 6.86. The van der Waals surface area contributed by atoms with Crippen LogP contribution in [0.5, 0.6) is 0 Å². The highest BCUT2D eigenvalue weighted by atomic mass is 16.6. The first-order chi connectivity index (χ1) is 14.5. The van der Waals surface area contributed by atoms with Crippen molar-refractivity contribution in [1.29, 1.82) is 0 Å². The van der Waals surface area contributed by atoms with Gasteiger partial charge in [0.25, 0.3) is 0 Å². The number of carboxylic acids is 1. The summed E-state index contributed by atoms with van der Waals surface area (Å²) in [4.78, 5) is 11.0. The molecule has 0 amide bonds. The van der Waals surface area contributed by atoms with Crippen molar-refractivity contribution in [3.05, 3.63) is 23.8 Å². The van der Waals surface area contributed by atoms with Crippen molar-refractivity contribution in [2.75, 3.05) is 7.11 Å². The van der Waals surface area contributed by atoms with Crippen LogP contribution in [0.25, 0.3) is 0 Å². The van der Waals surface area contributed by atoms with E-state index in [-0.39, 0.29) is 42.4 Å². The molecule has 0 aromatic rings. The second kappa shape index (κ2) is 11.1. The zero-order chi connectivity index (χ0) is 23.3. The van der Waals surface area contributed by atoms with Crippen LogP contribution in [0.3, 0.4) is 0 Å². The summed E-state index contributed by atoms with van der Waals surface area (Å²) in [6.07, 6.45) is 8.21. The quantitative estimate of drug-likeness (QED) is 0.368.